The van der Waals surface area contributed by atoms with Gasteiger partial charge in [-0.15, -0.1) is 10.2 Å². The number of alkyl halides is 3. The van der Waals surface area contributed by atoms with Crippen molar-refractivity contribution < 1.29 is 17.9 Å². The van der Waals surface area contributed by atoms with Gasteiger partial charge in [0.15, 0.2) is 5.82 Å². The van der Waals surface area contributed by atoms with Crippen LogP contribution in [0.1, 0.15) is 30.1 Å². The van der Waals surface area contributed by atoms with E-state index in [1.807, 2.05) is 16.4 Å². The van der Waals surface area contributed by atoms with Gasteiger partial charge in [-0.25, -0.2) is 0 Å². The van der Waals surface area contributed by atoms with Crippen molar-refractivity contribution in [3.05, 3.63) is 41.7 Å². The van der Waals surface area contributed by atoms with Crippen molar-refractivity contribution in [3.63, 3.8) is 0 Å². The molecule has 2 aromatic heterocycles. The van der Waals surface area contributed by atoms with Crippen molar-refractivity contribution in [2.24, 2.45) is 0 Å². The van der Waals surface area contributed by atoms with Gasteiger partial charge in [0, 0.05) is 32.4 Å². The van der Waals surface area contributed by atoms with Crippen LogP contribution in [0.15, 0.2) is 24.7 Å². The Morgan fingerprint density at radius 1 is 1.38 bits per heavy atom. The van der Waals surface area contributed by atoms with Crippen LogP contribution in [0.5, 0.6) is 0 Å². The van der Waals surface area contributed by atoms with Gasteiger partial charge >= 0.3 is 6.18 Å². The minimum Gasteiger partial charge on any atom is -0.368 e. The molecule has 1 aliphatic heterocycles. The van der Waals surface area contributed by atoms with Crippen LogP contribution in [0.25, 0.3) is 0 Å². The van der Waals surface area contributed by atoms with Crippen LogP contribution in [0, 0.1) is 0 Å². The van der Waals surface area contributed by atoms with Crippen LogP contribution in [-0.4, -0.2) is 44.3 Å². The molecule has 1 unspecified atom stereocenters. The van der Waals surface area contributed by atoms with Crippen LogP contribution in [0.3, 0.4) is 0 Å². The first-order chi connectivity index (χ1) is 11.5. The Bertz CT molecular complexity index is 688. The Kier molecular flexibility index (Phi) is 4.81. The Morgan fingerprint density at radius 3 is 2.96 bits per heavy atom. The Hall–Kier alpha value is -2.00. The molecule has 6 nitrogen and oxygen atoms in total. The zero-order valence-electron chi connectivity index (χ0n) is 13.2. The highest BCUT2D eigenvalue weighted by molar-refractivity contribution is 5.23. The molecule has 3 rings (SSSR count). The van der Waals surface area contributed by atoms with Crippen molar-refractivity contribution in [2.75, 3.05) is 19.7 Å². The Balaban J connectivity index is 1.75. The average Bonchev–Trinajstić information content (AvgIpc) is 3.03. The van der Waals surface area contributed by atoms with Crippen molar-refractivity contribution >= 4 is 0 Å². The van der Waals surface area contributed by atoms with E-state index in [1.54, 1.807) is 6.33 Å². The van der Waals surface area contributed by atoms with E-state index < -0.39 is 11.7 Å². The number of morpholine rings is 1. The number of aromatic nitrogens is 4. The van der Waals surface area contributed by atoms with Gasteiger partial charge in [-0.1, -0.05) is 0 Å². The molecule has 9 heteroatoms. The first kappa shape index (κ1) is 16.8. The molecule has 1 atom stereocenters. The number of rotatable bonds is 4. The van der Waals surface area contributed by atoms with Crippen LogP contribution >= 0.6 is 0 Å². The average molecular weight is 341 g/mol. The number of ether oxygens (including phenoxy) is 1. The van der Waals surface area contributed by atoms with Gasteiger partial charge in [0.1, 0.15) is 12.4 Å². The molecule has 3 heterocycles. The molecule has 0 saturated carbocycles. The maximum Gasteiger partial charge on any atom is 0.418 e. The van der Waals surface area contributed by atoms with Gasteiger partial charge in [0.2, 0.25) is 0 Å². The molecular weight excluding hydrogens is 323 g/mol. The fourth-order valence-corrected chi connectivity index (χ4v) is 2.79. The van der Waals surface area contributed by atoms with Crippen LogP contribution in [-0.2, 0) is 24.0 Å². The number of aryl methyl sites for hydroxylation is 1. The summed E-state index contributed by atoms with van der Waals surface area (Å²) >= 11 is 0. The highest BCUT2D eigenvalue weighted by atomic mass is 19.4. The Labute approximate surface area is 137 Å². The molecule has 0 N–H and O–H groups in total. The molecule has 0 radical (unpaired) electrons. The minimum absolute atomic E-state index is 0.0302. The molecule has 24 heavy (non-hydrogen) atoms. The molecule has 0 bridgehead atoms. The van der Waals surface area contributed by atoms with E-state index in [4.69, 9.17) is 4.74 Å². The summed E-state index contributed by atoms with van der Waals surface area (Å²) < 4.78 is 46.9. The number of pyridine rings is 1. The maximum atomic E-state index is 13.1. The third-order valence-electron chi connectivity index (χ3n) is 3.99. The molecule has 0 aliphatic carbocycles. The molecule has 1 fully saturated rings. The molecule has 2 aromatic rings. The van der Waals surface area contributed by atoms with Crippen LogP contribution in [0.4, 0.5) is 13.2 Å². The second kappa shape index (κ2) is 6.86. The van der Waals surface area contributed by atoms with Gasteiger partial charge in [-0.05, 0) is 19.1 Å². The topological polar surface area (TPSA) is 56.1 Å². The number of hydrogen-bond donors (Lipinski definition) is 0. The highest BCUT2D eigenvalue weighted by Gasteiger charge is 2.35. The summed E-state index contributed by atoms with van der Waals surface area (Å²) in [6.07, 6.45) is -1.70. The van der Waals surface area contributed by atoms with E-state index >= 15 is 0 Å². The van der Waals surface area contributed by atoms with Crippen LogP contribution in [0.2, 0.25) is 0 Å². The van der Waals surface area contributed by atoms with Crippen LogP contribution < -0.4 is 0 Å². The lowest BCUT2D eigenvalue weighted by atomic mass is 10.1. The second-order valence-electron chi connectivity index (χ2n) is 5.57. The second-order valence-corrected chi connectivity index (χ2v) is 5.57. The van der Waals surface area contributed by atoms with Crippen molar-refractivity contribution in [1.82, 2.24) is 24.6 Å². The summed E-state index contributed by atoms with van der Waals surface area (Å²) in [7, 11) is 0. The van der Waals surface area contributed by atoms with Gasteiger partial charge in [0.05, 0.1) is 17.9 Å². The zero-order valence-corrected chi connectivity index (χ0v) is 13.2. The van der Waals surface area contributed by atoms with E-state index in [0.717, 1.165) is 6.07 Å². The standard InChI is InChI=1S/C15H18F3N5O/c1-2-23-10-20-21-14(23)13-9-22(6-7-24-13)8-12-11(15(16,17)18)4-3-5-19-12/h3-5,10,13H,2,6-9H2,1H3. The predicted molar refractivity (Wildman–Crippen MR) is 78.9 cm³/mol. The van der Waals surface area contributed by atoms with Crippen molar-refractivity contribution in [2.45, 2.75) is 32.3 Å². The monoisotopic (exact) mass is 341 g/mol. The molecule has 0 aromatic carbocycles. The van der Waals surface area contributed by atoms with E-state index in [9.17, 15) is 13.2 Å². The number of halogens is 3. The smallest absolute Gasteiger partial charge is 0.368 e. The lowest BCUT2D eigenvalue weighted by Crippen LogP contribution is -2.39. The van der Waals surface area contributed by atoms with Crippen molar-refractivity contribution in [1.29, 1.82) is 0 Å². The third-order valence-corrected chi connectivity index (χ3v) is 3.99. The summed E-state index contributed by atoms with van der Waals surface area (Å²) in [5, 5.41) is 7.95. The van der Waals surface area contributed by atoms with Crippen molar-refractivity contribution in [3.8, 4) is 0 Å². The van der Waals surface area contributed by atoms with E-state index in [1.165, 1.54) is 12.3 Å². The zero-order chi connectivity index (χ0) is 17.2. The quantitative estimate of drug-likeness (QED) is 0.854. The molecule has 1 aliphatic rings. The van der Waals surface area contributed by atoms with Gasteiger partial charge in [0.25, 0.3) is 0 Å². The minimum atomic E-state index is -4.41. The van der Waals surface area contributed by atoms with Gasteiger partial charge in [-0.2, -0.15) is 13.2 Å². The normalized spacial score (nSPS) is 19.6. The van der Waals surface area contributed by atoms with E-state index in [0.29, 0.717) is 32.1 Å². The lowest BCUT2D eigenvalue weighted by molar-refractivity contribution is -0.139. The van der Waals surface area contributed by atoms with Gasteiger partial charge in [-0.3, -0.25) is 9.88 Å². The predicted octanol–water partition coefficient (Wildman–Crippen LogP) is 2.29. The third kappa shape index (κ3) is 3.57. The summed E-state index contributed by atoms with van der Waals surface area (Å²) in [6.45, 7) is 4.22. The highest BCUT2D eigenvalue weighted by Crippen LogP contribution is 2.32. The largest absolute Gasteiger partial charge is 0.418 e. The molecular formula is C15H18F3N5O. The molecule has 1 saturated heterocycles. The van der Waals surface area contributed by atoms with E-state index in [-0.39, 0.29) is 18.3 Å². The molecule has 0 spiro atoms. The Morgan fingerprint density at radius 2 is 2.21 bits per heavy atom. The SMILES string of the molecule is CCn1cnnc1C1CN(Cc2ncccc2C(F)(F)F)CCO1. The fraction of sp³-hybridized carbons (Fsp3) is 0.533. The summed E-state index contributed by atoms with van der Waals surface area (Å²) in [6, 6.07) is 2.37. The lowest BCUT2D eigenvalue weighted by Gasteiger charge is -2.32. The first-order valence-corrected chi connectivity index (χ1v) is 7.71. The summed E-state index contributed by atoms with van der Waals surface area (Å²) in [4.78, 5) is 5.83. The molecule has 0 amide bonds. The fourth-order valence-electron chi connectivity index (χ4n) is 2.79. The summed E-state index contributed by atoms with van der Waals surface area (Å²) in [5.74, 6) is 0.694. The number of hydrogen-bond acceptors (Lipinski definition) is 5. The molecule has 130 valence electrons. The first-order valence-electron chi connectivity index (χ1n) is 7.71. The van der Waals surface area contributed by atoms with Gasteiger partial charge < -0.3 is 9.30 Å². The number of nitrogens with zero attached hydrogens (tertiary/aromatic N) is 5. The van der Waals surface area contributed by atoms with E-state index in [2.05, 4.69) is 15.2 Å². The maximum absolute atomic E-state index is 13.1. The summed E-state index contributed by atoms with van der Waals surface area (Å²) in [5.41, 5.74) is -0.660.